The van der Waals surface area contributed by atoms with Gasteiger partial charge in [0.15, 0.2) is 11.5 Å². The van der Waals surface area contributed by atoms with Gasteiger partial charge in [0.05, 0.1) is 6.26 Å². The number of hydrogen-bond acceptors (Lipinski definition) is 5. The third-order valence-electron chi connectivity index (χ3n) is 2.74. The Hall–Kier alpha value is -3.10. The summed E-state index contributed by atoms with van der Waals surface area (Å²) in [6, 6.07) is 5.48. The molecule has 22 heavy (non-hydrogen) atoms. The number of alkyl halides is 2. The van der Waals surface area contributed by atoms with Gasteiger partial charge in [-0.3, -0.25) is 0 Å². The summed E-state index contributed by atoms with van der Waals surface area (Å²) in [5.74, 6) is -1.12. The van der Waals surface area contributed by atoms with Gasteiger partial charge in [0.25, 0.3) is 12.4 Å². The number of carbonyl (C=O) groups is 1. The van der Waals surface area contributed by atoms with Crippen LogP contribution in [0.3, 0.4) is 0 Å². The van der Waals surface area contributed by atoms with Crippen LogP contribution in [0.1, 0.15) is 22.6 Å². The number of aromatic nitrogens is 4. The first kappa shape index (κ1) is 13.9. The third kappa shape index (κ3) is 2.55. The van der Waals surface area contributed by atoms with Crippen LogP contribution >= 0.6 is 0 Å². The van der Waals surface area contributed by atoms with Gasteiger partial charge in [-0.2, -0.15) is 5.10 Å². The number of nitrogens with zero attached hydrogens (tertiary/aromatic N) is 4. The van der Waals surface area contributed by atoms with Gasteiger partial charge in [0.1, 0.15) is 11.4 Å². The fourth-order valence-corrected chi connectivity index (χ4v) is 1.77. The standard InChI is InChI=1S/C13H8F2N4O3/c14-11(15)9-6-8(10-2-1-5-22-10)16-13(17-9)19-4-3-7(18-19)12(20)21/h1-6,11H,(H,20,21). The first-order chi connectivity index (χ1) is 10.5. The zero-order chi connectivity index (χ0) is 15.7. The molecule has 0 saturated carbocycles. The van der Waals surface area contributed by atoms with Crippen molar-refractivity contribution in [2.45, 2.75) is 6.43 Å². The predicted octanol–water partition coefficient (Wildman–Crippen LogP) is 2.56. The van der Waals surface area contributed by atoms with Crippen molar-refractivity contribution in [3.05, 3.63) is 48.1 Å². The van der Waals surface area contributed by atoms with E-state index in [1.165, 1.54) is 18.5 Å². The van der Waals surface area contributed by atoms with E-state index in [1.807, 2.05) is 0 Å². The minimum atomic E-state index is -2.81. The van der Waals surface area contributed by atoms with Crippen LogP contribution in [0, 0.1) is 0 Å². The summed E-state index contributed by atoms with van der Waals surface area (Å²) in [4.78, 5) is 18.6. The van der Waals surface area contributed by atoms with Gasteiger partial charge in [-0.15, -0.1) is 0 Å². The van der Waals surface area contributed by atoms with E-state index in [4.69, 9.17) is 9.52 Å². The maximum atomic E-state index is 13.0. The Morgan fingerprint density at radius 2 is 2.14 bits per heavy atom. The Labute approximate surface area is 121 Å². The summed E-state index contributed by atoms with van der Waals surface area (Å²) in [5, 5.41) is 12.6. The zero-order valence-corrected chi connectivity index (χ0v) is 10.8. The number of hydrogen-bond donors (Lipinski definition) is 1. The van der Waals surface area contributed by atoms with E-state index in [0.717, 1.165) is 10.7 Å². The second-order valence-corrected chi connectivity index (χ2v) is 4.21. The minimum absolute atomic E-state index is 0.151. The second kappa shape index (κ2) is 5.35. The molecule has 3 aromatic rings. The number of halogens is 2. The Bertz CT molecular complexity index is 815. The molecule has 0 radical (unpaired) electrons. The van der Waals surface area contributed by atoms with Crippen molar-refractivity contribution >= 4 is 5.97 Å². The van der Waals surface area contributed by atoms with Crippen LogP contribution in [0.4, 0.5) is 8.78 Å². The smallest absolute Gasteiger partial charge is 0.356 e. The molecule has 3 rings (SSSR count). The lowest BCUT2D eigenvalue weighted by Gasteiger charge is -2.06. The molecule has 0 saturated heterocycles. The van der Waals surface area contributed by atoms with Gasteiger partial charge in [-0.05, 0) is 24.3 Å². The molecule has 0 aliphatic rings. The molecule has 0 aromatic carbocycles. The van der Waals surface area contributed by atoms with E-state index < -0.39 is 18.1 Å². The molecule has 3 heterocycles. The largest absolute Gasteiger partial charge is 0.476 e. The molecule has 0 amide bonds. The minimum Gasteiger partial charge on any atom is -0.476 e. The van der Waals surface area contributed by atoms with E-state index in [1.54, 1.807) is 12.1 Å². The Morgan fingerprint density at radius 3 is 2.73 bits per heavy atom. The van der Waals surface area contributed by atoms with Crippen LogP contribution in [0.25, 0.3) is 17.4 Å². The Morgan fingerprint density at radius 1 is 1.32 bits per heavy atom. The normalized spacial score (nSPS) is 11.0. The quantitative estimate of drug-likeness (QED) is 0.796. The molecule has 1 N–H and O–H groups in total. The summed E-state index contributed by atoms with van der Waals surface area (Å²) < 4.78 is 32.1. The van der Waals surface area contributed by atoms with Crippen LogP contribution in [0.5, 0.6) is 0 Å². The van der Waals surface area contributed by atoms with Crippen molar-refractivity contribution in [3.8, 4) is 17.4 Å². The molecule has 0 aliphatic heterocycles. The summed E-state index contributed by atoms with van der Waals surface area (Å²) in [6.45, 7) is 0. The van der Waals surface area contributed by atoms with Crippen molar-refractivity contribution in [3.63, 3.8) is 0 Å². The zero-order valence-electron chi connectivity index (χ0n) is 10.8. The van der Waals surface area contributed by atoms with Crippen molar-refractivity contribution in [2.24, 2.45) is 0 Å². The molecule has 0 fully saturated rings. The van der Waals surface area contributed by atoms with E-state index in [2.05, 4.69) is 15.1 Å². The van der Waals surface area contributed by atoms with E-state index in [-0.39, 0.29) is 23.1 Å². The fourth-order valence-electron chi connectivity index (χ4n) is 1.77. The molecule has 9 heteroatoms. The molecule has 0 unspecified atom stereocenters. The van der Waals surface area contributed by atoms with Crippen molar-refractivity contribution in [2.75, 3.05) is 0 Å². The van der Waals surface area contributed by atoms with Gasteiger partial charge in [-0.1, -0.05) is 0 Å². The highest BCUT2D eigenvalue weighted by atomic mass is 19.3. The van der Waals surface area contributed by atoms with Crippen molar-refractivity contribution in [1.29, 1.82) is 0 Å². The average molecular weight is 306 g/mol. The molecule has 0 atom stereocenters. The molecule has 7 nitrogen and oxygen atoms in total. The molecular weight excluding hydrogens is 298 g/mol. The van der Waals surface area contributed by atoms with E-state index in [9.17, 15) is 13.6 Å². The molecule has 0 spiro atoms. The molecule has 0 aliphatic carbocycles. The summed E-state index contributed by atoms with van der Waals surface area (Å²) in [6.07, 6.45) is -0.153. The SMILES string of the molecule is O=C(O)c1ccn(-c2nc(-c3ccco3)cc(C(F)F)n2)n1. The van der Waals surface area contributed by atoms with Gasteiger partial charge in [0, 0.05) is 6.20 Å². The highest BCUT2D eigenvalue weighted by molar-refractivity contribution is 5.85. The van der Waals surface area contributed by atoms with Gasteiger partial charge in [0.2, 0.25) is 0 Å². The van der Waals surface area contributed by atoms with Crippen LogP contribution in [-0.2, 0) is 0 Å². The van der Waals surface area contributed by atoms with E-state index in [0.29, 0.717) is 0 Å². The van der Waals surface area contributed by atoms with Crippen molar-refractivity contribution in [1.82, 2.24) is 19.7 Å². The van der Waals surface area contributed by atoms with Crippen LogP contribution < -0.4 is 0 Å². The lowest BCUT2D eigenvalue weighted by atomic mass is 10.2. The molecular formula is C13H8F2N4O3. The monoisotopic (exact) mass is 306 g/mol. The number of carboxylic acid groups (broad SMARTS) is 1. The summed E-state index contributed by atoms with van der Waals surface area (Å²) in [7, 11) is 0. The number of rotatable bonds is 4. The number of furan rings is 1. The van der Waals surface area contributed by atoms with Crippen LogP contribution in [0.15, 0.2) is 41.1 Å². The van der Waals surface area contributed by atoms with Gasteiger partial charge < -0.3 is 9.52 Å². The second-order valence-electron chi connectivity index (χ2n) is 4.21. The third-order valence-corrected chi connectivity index (χ3v) is 2.74. The average Bonchev–Trinajstić information content (AvgIpc) is 3.18. The topological polar surface area (TPSA) is 94.0 Å². The lowest BCUT2D eigenvalue weighted by Crippen LogP contribution is -2.07. The first-order valence-corrected chi connectivity index (χ1v) is 6.05. The van der Waals surface area contributed by atoms with E-state index >= 15 is 0 Å². The van der Waals surface area contributed by atoms with Gasteiger partial charge in [-0.25, -0.2) is 28.2 Å². The predicted molar refractivity (Wildman–Crippen MR) is 68.8 cm³/mol. The number of aromatic carboxylic acids is 1. The van der Waals surface area contributed by atoms with Crippen LogP contribution in [0.2, 0.25) is 0 Å². The van der Waals surface area contributed by atoms with Crippen molar-refractivity contribution < 1.29 is 23.1 Å². The lowest BCUT2D eigenvalue weighted by molar-refractivity contribution is 0.0690. The first-order valence-electron chi connectivity index (χ1n) is 6.05. The fraction of sp³-hybridized carbons (Fsp3) is 0.0769. The maximum Gasteiger partial charge on any atom is 0.356 e. The molecule has 0 bridgehead atoms. The van der Waals surface area contributed by atoms with Crippen LogP contribution in [-0.4, -0.2) is 30.8 Å². The maximum absolute atomic E-state index is 13.0. The summed E-state index contributed by atoms with van der Waals surface area (Å²) >= 11 is 0. The summed E-state index contributed by atoms with van der Waals surface area (Å²) in [5.41, 5.74) is -0.605. The highest BCUT2D eigenvalue weighted by Gasteiger charge is 2.17. The van der Waals surface area contributed by atoms with Gasteiger partial charge >= 0.3 is 5.97 Å². The molecule has 112 valence electrons. The highest BCUT2D eigenvalue weighted by Crippen LogP contribution is 2.24. The Kier molecular flexibility index (Phi) is 3.37. The molecule has 3 aromatic heterocycles. The number of carboxylic acids is 1. The Balaban J connectivity index is 2.11.